The number of halogens is 1. The molecule has 0 aliphatic carbocycles. The molecule has 0 atom stereocenters. The van der Waals surface area contributed by atoms with E-state index in [0.717, 1.165) is 30.8 Å². The minimum Gasteiger partial charge on any atom is -0.322 e. The maximum Gasteiger partial charge on any atom is 0.256 e. The lowest BCUT2D eigenvalue weighted by atomic mass is 10.0. The molecule has 0 fully saturated rings. The number of benzene rings is 2. The van der Waals surface area contributed by atoms with Crippen LogP contribution in [-0.4, -0.2) is 12.5 Å². The zero-order valence-electron chi connectivity index (χ0n) is 11.9. The Labute approximate surface area is 123 Å². The van der Waals surface area contributed by atoms with Crippen LogP contribution in [0.3, 0.4) is 0 Å². The van der Waals surface area contributed by atoms with Crippen LogP contribution in [-0.2, 0) is 13.0 Å². The van der Waals surface area contributed by atoms with Gasteiger partial charge in [0.15, 0.2) is 0 Å². The summed E-state index contributed by atoms with van der Waals surface area (Å²) in [4.78, 5) is 12.3. The summed E-state index contributed by atoms with van der Waals surface area (Å²) in [6.45, 7) is 3.60. The van der Waals surface area contributed by atoms with Crippen LogP contribution < -0.4 is 10.6 Å². The molecule has 0 bridgehead atoms. The van der Waals surface area contributed by atoms with E-state index in [-0.39, 0.29) is 5.91 Å². The molecule has 3 nitrogen and oxygen atoms in total. The van der Waals surface area contributed by atoms with Gasteiger partial charge in [-0.1, -0.05) is 12.1 Å². The Kier molecular flexibility index (Phi) is 3.71. The van der Waals surface area contributed by atoms with Crippen molar-refractivity contribution >= 4 is 11.6 Å². The van der Waals surface area contributed by atoms with Crippen molar-refractivity contribution in [3.05, 3.63) is 64.5 Å². The molecule has 1 aliphatic heterocycles. The van der Waals surface area contributed by atoms with E-state index < -0.39 is 5.82 Å². The summed E-state index contributed by atoms with van der Waals surface area (Å²) in [5, 5.41) is 6.15. The van der Waals surface area contributed by atoms with Crippen LogP contribution in [0.1, 0.15) is 27.0 Å². The van der Waals surface area contributed by atoms with Crippen molar-refractivity contribution in [1.29, 1.82) is 0 Å². The van der Waals surface area contributed by atoms with Crippen molar-refractivity contribution in [1.82, 2.24) is 5.32 Å². The van der Waals surface area contributed by atoms with Crippen LogP contribution >= 0.6 is 0 Å². The summed E-state index contributed by atoms with van der Waals surface area (Å²) in [5.41, 5.74) is 4.38. The second kappa shape index (κ2) is 5.66. The van der Waals surface area contributed by atoms with Crippen molar-refractivity contribution in [3.63, 3.8) is 0 Å². The molecule has 2 aromatic carbocycles. The van der Waals surface area contributed by atoms with E-state index in [1.807, 2.05) is 18.2 Å². The highest BCUT2D eigenvalue weighted by Gasteiger charge is 2.13. The SMILES string of the molecule is Cc1ccc(F)cc1C(=O)Nc1ccc2c(c1)CNCC2. The fourth-order valence-corrected chi connectivity index (χ4v) is 2.60. The first-order valence-electron chi connectivity index (χ1n) is 7.03. The van der Waals surface area contributed by atoms with E-state index in [4.69, 9.17) is 0 Å². The number of anilines is 1. The Balaban J connectivity index is 1.83. The molecule has 108 valence electrons. The van der Waals surface area contributed by atoms with Gasteiger partial charge in [0, 0.05) is 17.8 Å². The van der Waals surface area contributed by atoms with Gasteiger partial charge in [0.1, 0.15) is 5.82 Å². The summed E-state index contributed by atoms with van der Waals surface area (Å²) in [6.07, 6.45) is 1.01. The van der Waals surface area contributed by atoms with Crippen molar-refractivity contribution in [2.45, 2.75) is 19.9 Å². The van der Waals surface area contributed by atoms with Gasteiger partial charge in [-0.15, -0.1) is 0 Å². The Bertz CT molecular complexity index is 697. The van der Waals surface area contributed by atoms with E-state index in [9.17, 15) is 9.18 Å². The van der Waals surface area contributed by atoms with Gasteiger partial charge < -0.3 is 10.6 Å². The molecule has 1 heterocycles. The van der Waals surface area contributed by atoms with Crippen LogP contribution in [0.25, 0.3) is 0 Å². The molecule has 0 radical (unpaired) electrons. The molecule has 2 N–H and O–H groups in total. The molecule has 2 aromatic rings. The van der Waals surface area contributed by atoms with Gasteiger partial charge in [-0.05, 0) is 60.8 Å². The molecule has 1 amide bonds. The second-order valence-electron chi connectivity index (χ2n) is 5.32. The lowest BCUT2D eigenvalue weighted by molar-refractivity contribution is 0.102. The minimum atomic E-state index is -0.402. The highest BCUT2D eigenvalue weighted by molar-refractivity contribution is 6.05. The predicted octanol–water partition coefficient (Wildman–Crippen LogP) is 3.03. The van der Waals surface area contributed by atoms with Crippen molar-refractivity contribution in [3.8, 4) is 0 Å². The summed E-state index contributed by atoms with van der Waals surface area (Å²) < 4.78 is 13.3. The quantitative estimate of drug-likeness (QED) is 0.890. The van der Waals surface area contributed by atoms with Gasteiger partial charge in [0.2, 0.25) is 0 Å². The van der Waals surface area contributed by atoms with Gasteiger partial charge in [0.25, 0.3) is 5.91 Å². The standard InChI is InChI=1S/C17H17FN2O/c1-11-2-4-14(18)9-16(11)17(21)20-15-5-3-12-6-7-19-10-13(12)8-15/h2-5,8-9,19H,6-7,10H2,1H3,(H,20,21). The van der Waals surface area contributed by atoms with Gasteiger partial charge in [-0.2, -0.15) is 0 Å². The maximum absolute atomic E-state index is 13.3. The summed E-state index contributed by atoms with van der Waals surface area (Å²) in [5.74, 6) is -0.684. The molecule has 0 spiro atoms. The predicted molar refractivity (Wildman–Crippen MR) is 80.9 cm³/mol. The summed E-state index contributed by atoms with van der Waals surface area (Å²) >= 11 is 0. The number of nitrogens with one attached hydrogen (secondary N) is 2. The Morgan fingerprint density at radius 3 is 2.90 bits per heavy atom. The molecule has 0 saturated heterocycles. The highest BCUT2D eigenvalue weighted by atomic mass is 19.1. The average Bonchev–Trinajstić information content (AvgIpc) is 2.49. The van der Waals surface area contributed by atoms with Crippen LogP contribution in [0, 0.1) is 12.7 Å². The van der Waals surface area contributed by atoms with Gasteiger partial charge in [-0.25, -0.2) is 4.39 Å². The van der Waals surface area contributed by atoms with E-state index in [0.29, 0.717) is 5.56 Å². The molecule has 1 aliphatic rings. The molecule has 21 heavy (non-hydrogen) atoms. The first-order valence-corrected chi connectivity index (χ1v) is 7.03. The van der Waals surface area contributed by atoms with Crippen LogP contribution in [0.2, 0.25) is 0 Å². The number of aryl methyl sites for hydroxylation is 1. The van der Waals surface area contributed by atoms with Crippen LogP contribution in [0.15, 0.2) is 36.4 Å². The summed E-state index contributed by atoms with van der Waals surface area (Å²) in [6, 6.07) is 10.2. The minimum absolute atomic E-state index is 0.282. The van der Waals surface area contributed by atoms with Crippen molar-refractivity contribution < 1.29 is 9.18 Å². The van der Waals surface area contributed by atoms with Crippen LogP contribution in [0.4, 0.5) is 10.1 Å². The van der Waals surface area contributed by atoms with Gasteiger partial charge in [-0.3, -0.25) is 4.79 Å². The van der Waals surface area contributed by atoms with Gasteiger partial charge >= 0.3 is 0 Å². The Morgan fingerprint density at radius 1 is 1.19 bits per heavy atom. The molecule has 0 unspecified atom stereocenters. The zero-order valence-corrected chi connectivity index (χ0v) is 11.9. The third-order valence-corrected chi connectivity index (χ3v) is 3.79. The number of hydrogen-bond acceptors (Lipinski definition) is 2. The fraction of sp³-hybridized carbons (Fsp3) is 0.235. The number of rotatable bonds is 2. The monoisotopic (exact) mass is 284 g/mol. The van der Waals surface area contributed by atoms with Crippen LogP contribution in [0.5, 0.6) is 0 Å². The van der Waals surface area contributed by atoms with Crippen molar-refractivity contribution in [2.75, 3.05) is 11.9 Å². The topological polar surface area (TPSA) is 41.1 Å². The van der Waals surface area contributed by atoms with E-state index >= 15 is 0 Å². The van der Waals surface area contributed by atoms with E-state index in [1.54, 1.807) is 13.0 Å². The lowest BCUT2D eigenvalue weighted by Gasteiger charge is -2.18. The number of amides is 1. The molecular weight excluding hydrogens is 267 g/mol. The largest absolute Gasteiger partial charge is 0.322 e. The summed E-state index contributed by atoms with van der Waals surface area (Å²) in [7, 11) is 0. The number of carbonyl (C=O) groups excluding carboxylic acids is 1. The van der Waals surface area contributed by atoms with E-state index in [2.05, 4.69) is 10.6 Å². The van der Waals surface area contributed by atoms with Crippen molar-refractivity contribution in [2.24, 2.45) is 0 Å². The van der Waals surface area contributed by atoms with E-state index in [1.165, 1.54) is 23.3 Å². The molecule has 0 aromatic heterocycles. The molecule has 4 heteroatoms. The normalized spacial score (nSPS) is 13.6. The molecule has 3 rings (SSSR count). The number of carbonyl (C=O) groups is 1. The van der Waals surface area contributed by atoms with Gasteiger partial charge in [0.05, 0.1) is 0 Å². The average molecular weight is 284 g/mol. The number of hydrogen-bond donors (Lipinski definition) is 2. The third-order valence-electron chi connectivity index (χ3n) is 3.79. The third kappa shape index (κ3) is 2.95. The highest BCUT2D eigenvalue weighted by Crippen LogP contribution is 2.20. The maximum atomic E-state index is 13.3. The fourth-order valence-electron chi connectivity index (χ4n) is 2.60. The Hall–Kier alpha value is -2.20. The first kappa shape index (κ1) is 13.8. The zero-order chi connectivity index (χ0) is 14.8. The first-order chi connectivity index (χ1) is 10.1. The lowest BCUT2D eigenvalue weighted by Crippen LogP contribution is -2.23. The Morgan fingerprint density at radius 2 is 2.05 bits per heavy atom. The number of fused-ring (bicyclic) bond motifs is 1. The molecular formula is C17H17FN2O. The smallest absolute Gasteiger partial charge is 0.256 e. The molecule has 0 saturated carbocycles. The second-order valence-corrected chi connectivity index (χ2v) is 5.32.